The van der Waals surface area contributed by atoms with Crippen molar-refractivity contribution in [3.63, 3.8) is 0 Å². The van der Waals surface area contributed by atoms with Crippen molar-refractivity contribution in [2.24, 2.45) is 0 Å². The molecule has 0 radical (unpaired) electrons. The van der Waals surface area contributed by atoms with Gasteiger partial charge in [0.25, 0.3) is 0 Å². The van der Waals surface area contributed by atoms with Crippen LogP contribution >= 0.6 is 23.7 Å². The number of rotatable bonds is 3. The lowest BCUT2D eigenvalue weighted by molar-refractivity contribution is 0.326. The Morgan fingerprint density at radius 2 is 1.83 bits per heavy atom. The molecule has 0 aliphatic carbocycles. The minimum atomic E-state index is 0. The summed E-state index contributed by atoms with van der Waals surface area (Å²) in [7, 11) is 4.03. The number of benzene rings is 1. The number of aromatic amines is 1. The van der Waals surface area contributed by atoms with Gasteiger partial charge in [0, 0.05) is 6.04 Å². The second-order valence-corrected chi connectivity index (χ2v) is 5.27. The first-order valence-corrected chi connectivity index (χ1v) is 6.36. The number of hydrogen-bond donors (Lipinski definition) is 1. The highest BCUT2D eigenvalue weighted by atomic mass is 35.5. The fraction of sp³-hybridized carbons (Fsp3) is 0.308. The molecule has 1 heterocycles. The average Bonchev–Trinajstić information content (AvgIpc) is 2.71. The van der Waals surface area contributed by atoms with Gasteiger partial charge in [0.05, 0.1) is 10.6 Å². The molecule has 0 fully saturated rings. The van der Waals surface area contributed by atoms with Gasteiger partial charge in [-0.25, -0.2) is 0 Å². The van der Waals surface area contributed by atoms with Crippen molar-refractivity contribution in [1.29, 1.82) is 0 Å². The molecular weight excluding hydrogens is 268 g/mol. The third kappa shape index (κ3) is 3.02. The summed E-state index contributed by atoms with van der Waals surface area (Å²) in [5, 5.41) is 0. The van der Waals surface area contributed by atoms with Gasteiger partial charge < -0.3 is 9.88 Å². The molecule has 98 valence electrons. The Balaban J connectivity index is 0.00000162. The summed E-state index contributed by atoms with van der Waals surface area (Å²) in [5.74, 6) is 0. The maximum atomic E-state index is 11.6. The summed E-state index contributed by atoms with van der Waals surface area (Å²) in [6.45, 7) is 2.10. The van der Waals surface area contributed by atoms with E-state index >= 15 is 0 Å². The van der Waals surface area contributed by atoms with E-state index in [2.05, 4.69) is 16.8 Å². The van der Waals surface area contributed by atoms with E-state index in [0.717, 1.165) is 16.1 Å². The molecule has 1 atom stereocenters. The topological polar surface area (TPSA) is 36.1 Å². The molecule has 0 spiro atoms. The van der Waals surface area contributed by atoms with Gasteiger partial charge in [-0.3, -0.25) is 4.79 Å². The predicted octanol–water partition coefficient (Wildman–Crippen LogP) is 3.15. The van der Waals surface area contributed by atoms with Crippen LogP contribution < -0.4 is 4.87 Å². The van der Waals surface area contributed by atoms with E-state index in [4.69, 9.17) is 0 Å². The normalized spacial score (nSPS) is 12.2. The number of hydrogen-bond acceptors (Lipinski definition) is 3. The number of H-pyrrole nitrogens is 1. The Kier molecular flexibility index (Phi) is 5.14. The van der Waals surface area contributed by atoms with Crippen LogP contribution in [-0.2, 0) is 0 Å². The minimum absolute atomic E-state index is 0. The van der Waals surface area contributed by atoms with E-state index in [1.165, 1.54) is 11.3 Å². The maximum absolute atomic E-state index is 11.6. The number of nitrogens with one attached hydrogen (secondary N) is 1. The van der Waals surface area contributed by atoms with Crippen molar-refractivity contribution >= 4 is 23.7 Å². The van der Waals surface area contributed by atoms with Gasteiger partial charge in [-0.2, -0.15) is 0 Å². The average molecular weight is 285 g/mol. The van der Waals surface area contributed by atoms with Crippen LogP contribution in [0.25, 0.3) is 11.3 Å². The van der Waals surface area contributed by atoms with Gasteiger partial charge in [-0.05, 0) is 26.6 Å². The third-order valence-electron chi connectivity index (χ3n) is 2.89. The molecule has 5 heteroatoms. The summed E-state index contributed by atoms with van der Waals surface area (Å²) in [4.78, 5) is 17.7. The van der Waals surface area contributed by atoms with Gasteiger partial charge >= 0.3 is 4.87 Å². The molecule has 0 saturated carbocycles. The predicted molar refractivity (Wildman–Crippen MR) is 79.7 cm³/mol. The highest BCUT2D eigenvalue weighted by Crippen LogP contribution is 2.30. The Bertz CT molecular complexity index is 548. The van der Waals surface area contributed by atoms with E-state index in [0.29, 0.717) is 0 Å². The van der Waals surface area contributed by atoms with Gasteiger partial charge in [0.15, 0.2) is 0 Å². The van der Waals surface area contributed by atoms with Crippen LogP contribution in [0.5, 0.6) is 0 Å². The van der Waals surface area contributed by atoms with Gasteiger partial charge in [-0.1, -0.05) is 41.7 Å². The smallest absolute Gasteiger partial charge is 0.305 e. The second kappa shape index (κ2) is 6.18. The number of thiazole rings is 1. The lowest BCUT2D eigenvalue weighted by atomic mass is 10.1. The Hall–Kier alpha value is -1.10. The number of halogens is 1. The molecule has 1 unspecified atom stereocenters. The summed E-state index contributed by atoms with van der Waals surface area (Å²) >= 11 is 1.29. The summed E-state index contributed by atoms with van der Waals surface area (Å²) < 4.78 is 0. The van der Waals surface area contributed by atoms with Crippen molar-refractivity contribution in [2.75, 3.05) is 14.1 Å². The fourth-order valence-electron chi connectivity index (χ4n) is 1.69. The molecule has 0 amide bonds. The van der Waals surface area contributed by atoms with Gasteiger partial charge in [0.2, 0.25) is 0 Å². The van der Waals surface area contributed by atoms with Crippen LogP contribution in [0.1, 0.15) is 17.8 Å². The standard InChI is InChI=1S/C13H16N2OS.ClH/c1-9(15(2)3)12-11(14-13(16)17-12)10-7-5-4-6-8-10;/h4-9H,1-3H3,(H,14,16);1H. The lowest BCUT2D eigenvalue weighted by Gasteiger charge is -2.19. The third-order valence-corrected chi connectivity index (χ3v) is 3.95. The lowest BCUT2D eigenvalue weighted by Crippen LogP contribution is -2.16. The highest BCUT2D eigenvalue weighted by Gasteiger charge is 2.17. The Morgan fingerprint density at radius 1 is 1.22 bits per heavy atom. The summed E-state index contributed by atoms with van der Waals surface area (Å²) in [6.07, 6.45) is 0. The highest BCUT2D eigenvalue weighted by molar-refractivity contribution is 7.09. The first-order chi connectivity index (χ1) is 8.09. The van der Waals surface area contributed by atoms with E-state index in [1.54, 1.807) is 0 Å². The molecule has 3 nitrogen and oxygen atoms in total. The first-order valence-electron chi connectivity index (χ1n) is 5.54. The van der Waals surface area contributed by atoms with Crippen LogP contribution in [0.2, 0.25) is 0 Å². The fourth-order valence-corrected chi connectivity index (χ4v) is 2.69. The molecule has 0 bridgehead atoms. The number of nitrogens with zero attached hydrogens (tertiary/aromatic N) is 1. The van der Waals surface area contributed by atoms with E-state index in [-0.39, 0.29) is 23.3 Å². The van der Waals surface area contributed by atoms with Crippen molar-refractivity contribution in [2.45, 2.75) is 13.0 Å². The van der Waals surface area contributed by atoms with Crippen LogP contribution in [0.3, 0.4) is 0 Å². The van der Waals surface area contributed by atoms with E-state index in [9.17, 15) is 4.79 Å². The van der Waals surface area contributed by atoms with E-state index < -0.39 is 0 Å². The zero-order valence-electron chi connectivity index (χ0n) is 10.6. The Morgan fingerprint density at radius 3 is 2.39 bits per heavy atom. The zero-order chi connectivity index (χ0) is 12.4. The molecule has 18 heavy (non-hydrogen) atoms. The monoisotopic (exact) mass is 284 g/mol. The van der Waals surface area contributed by atoms with Crippen molar-refractivity contribution in [1.82, 2.24) is 9.88 Å². The molecule has 0 saturated heterocycles. The summed E-state index contributed by atoms with van der Waals surface area (Å²) in [6, 6.07) is 10.2. The minimum Gasteiger partial charge on any atom is -0.312 e. The van der Waals surface area contributed by atoms with Crippen LogP contribution in [0.15, 0.2) is 35.1 Å². The molecule has 1 aromatic carbocycles. The quantitative estimate of drug-likeness (QED) is 0.940. The Labute approximate surface area is 117 Å². The van der Waals surface area contributed by atoms with E-state index in [1.807, 2.05) is 44.4 Å². The second-order valence-electron chi connectivity index (χ2n) is 4.26. The first kappa shape index (κ1) is 15.0. The maximum Gasteiger partial charge on any atom is 0.305 e. The van der Waals surface area contributed by atoms with Crippen molar-refractivity contribution in [3.05, 3.63) is 44.9 Å². The van der Waals surface area contributed by atoms with Crippen molar-refractivity contribution < 1.29 is 0 Å². The van der Waals surface area contributed by atoms with Crippen LogP contribution in [0.4, 0.5) is 0 Å². The molecule has 2 rings (SSSR count). The van der Waals surface area contributed by atoms with Crippen LogP contribution in [-0.4, -0.2) is 24.0 Å². The molecular formula is C13H17ClN2OS. The van der Waals surface area contributed by atoms with Crippen LogP contribution in [0, 0.1) is 0 Å². The van der Waals surface area contributed by atoms with Gasteiger partial charge in [0.1, 0.15) is 0 Å². The molecule has 2 aromatic rings. The summed E-state index contributed by atoms with van der Waals surface area (Å²) in [5.41, 5.74) is 2.01. The van der Waals surface area contributed by atoms with Gasteiger partial charge in [-0.15, -0.1) is 12.4 Å². The largest absolute Gasteiger partial charge is 0.312 e. The molecule has 1 N–H and O–H groups in total. The molecule has 1 aromatic heterocycles. The SMILES string of the molecule is CC(c1sc(=O)[nH]c1-c1ccccc1)N(C)C.Cl. The van der Waals surface area contributed by atoms with Crippen molar-refractivity contribution in [3.8, 4) is 11.3 Å². The number of aromatic nitrogens is 1. The molecule has 0 aliphatic rings. The zero-order valence-corrected chi connectivity index (χ0v) is 12.3. The molecule has 0 aliphatic heterocycles.